The van der Waals surface area contributed by atoms with Crippen LogP contribution in [0.25, 0.3) is 11.1 Å². The van der Waals surface area contributed by atoms with Crippen molar-refractivity contribution in [2.45, 2.75) is 17.4 Å². The van der Waals surface area contributed by atoms with Crippen molar-refractivity contribution in [2.24, 2.45) is 0 Å². The third-order valence-corrected chi connectivity index (χ3v) is 5.48. The van der Waals surface area contributed by atoms with Gasteiger partial charge in [0.25, 0.3) is 10.0 Å². The smallest absolute Gasteiger partial charge is 0.406 e. The summed E-state index contributed by atoms with van der Waals surface area (Å²) < 4.78 is 134. The number of hydrogen-bond acceptors (Lipinski definition) is 3. The molecule has 0 amide bonds. The number of anilines is 1. The molecule has 0 aliphatic carbocycles. The normalized spacial score (nSPS) is 12.5. The second-order valence-corrected chi connectivity index (χ2v) is 8.23. The molecule has 0 aliphatic rings. The van der Waals surface area contributed by atoms with Crippen molar-refractivity contribution in [1.82, 2.24) is 0 Å². The van der Waals surface area contributed by atoms with Gasteiger partial charge in [0.15, 0.2) is 0 Å². The van der Waals surface area contributed by atoms with Crippen molar-refractivity contribution in [2.75, 3.05) is 4.72 Å². The average molecular weight is 497 g/mol. The molecule has 0 heterocycles. The fourth-order valence-electron chi connectivity index (χ4n) is 2.75. The Morgan fingerprint density at radius 1 is 0.788 bits per heavy atom. The highest BCUT2D eigenvalue weighted by atomic mass is 32.2. The molecule has 1 N–H and O–H groups in total. The van der Waals surface area contributed by atoms with Gasteiger partial charge in [0.2, 0.25) is 0 Å². The fraction of sp³-hybridized carbons (Fsp3) is 0.100. The molecule has 3 aromatic carbocycles. The van der Waals surface area contributed by atoms with E-state index in [1.807, 2.05) is 0 Å². The Morgan fingerprint density at radius 3 is 2.12 bits per heavy atom. The van der Waals surface area contributed by atoms with Gasteiger partial charge in [-0.05, 0) is 53.6 Å². The first-order chi connectivity index (χ1) is 15.1. The number of hydrogen-bond donors (Lipinski definition) is 1. The molecule has 0 unspecified atom stereocenters. The molecule has 0 spiro atoms. The summed E-state index contributed by atoms with van der Waals surface area (Å²) in [5, 5.41) is 0. The van der Waals surface area contributed by atoms with Crippen LogP contribution in [0.2, 0.25) is 0 Å². The van der Waals surface area contributed by atoms with Crippen molar-refractivity contribution in [1.29, 1.82) is 0 Å². The lowest BCUT2D eigenvalue weighted by Crippen LogP contribution is -2.17. The van der Waals surface area contributed by atoms with Crippen molar-refractivity contribution in [3.05, 3.63) is 77.9 Å². The van der Waals surface area contributed by atoms with Crippen LogP contribution in [0.3, 0.4) is 0 Å². The Morgan fingerprint density at radius 2 is 1.48 bits per heavy atom. The summed E-state index contributed by atoms with van der Waals surface area (Å²) in [6, 6.07) is 7.34. The lowest BCUT2D eigenvalue weighted by atomic mass is 10.0. The number of alkyl halides is 6. The summed E-state index contributed by atoms with van der Waals surface area (Å²) >= 11 is 0. The highest BCUT2D eigenvalue weighted by Crippen LogP contribution is 2.33. The SMILES string of the molecule is O=S(=O)(Nc1cc(-c2cc(F)cc(OC(F)(F)F)c2)ccc1F)c1cccc(C(F)(F)F)c1. The quantitative estimate of drug-likeness (QED) is 0.418. The zero-order valence-electron chi connectivity index (χ0n) is 15.9. The van der Waals surface area contributed by atoms with E-state index in [-0.39, 0.29) is 11.1 Å². The zero-order chi connectivity index (χ0) is 24.6. The number of rotatable bonds is 5. The Labute approximate surface area is 181 Å². The van der Waals surface area contributed by atoms with Gasteiger partial charge in [-0.15, -0.1) is 13.2 Å². The Balaban J connectivity index is 1.98. The first-order valence-electron chi connectivity index (χ1n) is 8.70. The maximum Gasteiger partial charge on any atom is 0.573 e. The van der Waals surface area contributed by atoms with Crippen LogP contribution in [0.15, 0.2) is 65.6 Å². The number of halogens is 8. The van der Waals surface area contributed by atoms with Crippen LogP contribution < -0.4 is 9.46 Å². The van der Waals surface area contributed by atoms with Crippen molar-refractivity contribution in [3.8, 4) is 16.9 Å². The maximum absolute atomic E-state index is 14.2. The number of benzene rings is 3. The Bertz CT molecular complexity index is 1290. The van der Waals surface area contributed by atoms with Crippen LogP contribution in [0, 0.1) is 11.6 Å². The van der Waals surface area contributed by atoms with E-state index >= 15 is 0 Å². The maximum atomic E-state index is 14.2. The first kappa shape index (κ1) is 24.3. The van der Waals surface area contributed by atoms with E-state index < -0.39 is 56.1 Å². The standard InChI is InChI=1S/C20H11F8NO3S/c21-14-6-12(7-15(10-14)32-20(26,27)28)11-4-5-17(22)18(8-11)29-33(30,31)16-3-1-2-13(9-16)19(23,24)25/h1-10,29H. The molecule has 176 valence electrons. The predicted molar refractivity (Wildman–Crippen MR) is 101 cm³/mol. The third-order valence-electron chi connectivity index (χ3n) is 4.12. The minimum atomic E-state index is -5.11. The van der Waals surface area contributed by atoms with Gasteiger partial charge in [-0.25, -0.2) is 17.2 Å². The minimum Gasteiger partial charge on any atom is -0.406 e. The molecular weight excluding hydrogens is 486 g/mol. The van der Waals surface area contributed by atoms with Gasteiger partial charge in [-0.1, -0.05) is 12.1 Å². The van der Waals surface area contributed by atoms with Crippen LogP contribution in [0.1, 0.15) is 5.56 Å². The molecule has 3 rings (SSSR count). The second-order valence-electron chi connectivity index (χ2n) is 6.55. The van der Waals surface area contributed by atoms with Crippen LogP contribution in [0.5, 0.6) is 5.75 Å². The summed E-state index contributed by atoms with van der Waals surface area (Å²) in [7, 11) is -4.70. The summed E-state index contributed by atoms with van der Waals surface area (Å²) in [5.41, 5.74) is -2.30. The molecular formula is C20H11F8NO3S. The van der Waals surface area contributed by atoms with E-state index in [4.69, 9.17) is 0 Å². The van der Waals surface area contributed by atoms with Crippen LogP contribution in [0.4, 0.5) is 40.8 Å². The van der Waals surface area contributed by atoms with E-state index in [1.54, 1.807) is 4.72 Å². The van der Waals surface area contributed by atoms with E-state index in [0.717, 1.165) is 42.5 Å². The summed E-state index contributed by atoms with van der Waals surface area (Å²) in [5.74, 6) is -3.17. The zero-order valence-corrected chi connectivity index (χ0v) is 16.7. The van der Waals surface area contributed by atoms with E-state index in [0.29, 0.717) is 18.2 Å². The van der Waals surface area contributed by atoms with E-state index in [1.165, 1.54) is 0 Å². The second kappa shape index (κ2) is 8.54. The molecule has 0 aromatic heterocycles. The molecule has 33 heavy (non-hydrogen) atoms. The van der Waals surface area contributed by atoms with Gasteiger partial charge in [0, 0.05) is 6.07 Å². The fourth-order valence-corrected chi connectivity index (χ4v) is 3.85. The largest absolute Gasteiger partial charge is 0.573 e. The molecule has 0 atom stereocenters. The van der Waals surface area contributed by atoms with E-state index in [2.05, 4.69) is 4.74 Å². The molecule has 0 aliphatic heterocycles. The Kier molecular flexibility index (Phi) is 6.29. The first-order valence-corrected chi connectivity index (χ1v) is 10.2. The number of sulfonamides is 1. The lowest BCUT2D eigenvalue weighted by Gasteiger charge is -2.14. The van der Waals surface area contributed by atoms with Crippen molar-refractivity contribution in [3.63, 3.8) is 0 Å². The van der Waals surface area contributed by atoms with Gasteiger partial charge < -0.3 is 4.74 Å². The van der Waals surface area contributed by atoms with Crippen LogP contribution in [-0.2, 0) is 16.2 Å². The average Bonchev–Trinajstić information content (AvgIpc) is 2.67. The van der Waals surface area contributed by atoms with Gasteiger partial charge in [-0.3, -0.25) is 4.72 Å². The minimum absolute atomic E-state index is 0.107. The molecule has 3 aromatic rings. The molecule has 13 heteroatoms. The van der Waals surface area contributed by atoms with Gasteiger partial charge in [0.05, 0.1) is 16.1 Å². The molecule has 0 saturated heterocycles. The monoisotopic (exact) mass is 497 g/mol. The third kappa shape index (κ3) is 6.12. The predicted octanol–water partition coefficient (Wildman–Crippen LogP) is 6.35. The molecule has 0 bridgehead atoms. The Hall–Kier alpha value is -3.35. The van der Waals surface area contributed by atoms with E-state index in [9.17, 15) is 43.5 Å². The van der Waals surface area contributed by atoms with Gasteiger partial charge >= 0.3 is 12.5 Å². The highest BCUT2D eigenvalue weighted by Gasteiger charge is 2.32. The highest BCUT2D eigenvalue weighted by molar-refractivity contribution is 7.92. The summed E-state index contributed by atoms with van der Waals surface area (Å²) in [4.78, 5) is -0.811. The summed E-state index contributed by atoms with van der Waals surface area (Å²) in [6.07, 6.45) is -9.94. The lowest BCUT2D eigenvalue weighted by molar-refractivity contribution is -0.274. The molecule has 0 radical (unpaired) electrons. The number of ether oxygens (including phenoxy) is 1. The van der Waals surface area contributed by atoms with Gasteiger partial charge in [0.1, 0.15) is 17.4 Å². The van der Waals surface area contributed by atoms with Crippen LogP contribution in [-0.4, -0.2) is 14.8 Å². The molecule has 0 fully saturated rings. The van der Waals surface area contributed by atoms with Gasteiger partial charge in [-0.2, -0.15) is 13.2 Å². The summed E-state index contributed by atoms with van der Waals surface area (Å²) in [6.45, 7) is 0. The molecule has 4 nitrogen and oxygen atoms in total. The number of nitrogens with one attached hydrogen (secondary N) is 1. The van der Waals surface area contributed by atoms with Crippen molar-refractivity contribution < 1.29 is 48.3 Å². The van der Waals surface area contributed by atoms with Crippen LogP contribution >= 0.6 is 0 Å². The van der Waals surface area contributed by atoms with Crippen molar-refractivity contribution >= 4 is 15.7 Å². The topological polar surface area (TPSA) is 55.4 Å². The molecule has 0 saturated carbocycles.